The number of rotatable bonds is 3. The van der Waals surface area contributed by atoms with E-state index in [0.717, 1.165) is 25.8 Å². The van der Waals surface area contributed by atoms with E-state index in [2.05, 4.69) is 15.3 Å². The lowest BCUT2D eigenvalue weighted by Gasteiger charge is -2.35. The van der Waals surface area contributed by atoms with Crippen molar-refractivity contribution in [3.8, 4) is 6.07 Å². The van der Waals surface area contributed by atoms with Crippen molar-refractivity contribution in [3.05, 3.63) is 54.8 Å². The van der Waals surface area contributed by atoms with Gasteiger partial charge in [-0.05, 0) is 37.8 Å². The molecular formula is C20H19ClN6O4. The standard InChI is InChI=1S/C20H19ClN6O4/c1-10-4-2-3-7-26(10)20-24-17-16(19(29)25-20)15(13(9-22)18(28)23-17)12-8-11(27(30)31)5-6-14(12)21/h5-6,8,10,13,15H,2-4,7H2,1H3,(H2,23,24,25,28,29). The number of anilines is 2. The Hall–Kier alpha value is -3.45. The first-order valence-corrected chi connectivity index (χ1v) is 10.2. The number of nitrogens with one attached hydrogen (secondary N) is 2. The SMILES string of the molecule is CC1CCCCN1c1nc2c(c(=O)[nH]1)C(c1cc([N+](=O)[O-])ccc1Cl)C(C#N)C(=O)N2. The summed E-state index contributed by atoms with van der Waals surface area (Å²) in [6.45, 7) is 2.76. The molecule has 3 atom stereocenters. The van der Waals surface area contributed by atoms with Gasteiger partial charge in [-0.1, -0.05) is 11.6 Å². The van der Waals surface area contributed by atoms with Gasteiger partial charge in [0.25, 0.3) is 11.2 Å². The highest BCUT2D eigenvalue weighted by atomic mass is 35.5. The highest BCUT2D eigenvalue weighted by Crippen LogP contribution is 2.42. The van der Waals surface area contributed by atoms with Gasteiger partial charge in [0.15, 0.2) is 0 Å². The number of nitriles is 1. The van der Waals surface area contributed by atoms with Crippen molar-refractivity contribution in [3.63, 3.8) is 0 Å². The van der Waals surface area contributed by atoms with Gasteiger partial charge in [-0.25, -0.2) is 0 Å². The lowest BCUT2D eigenvalue weighted by atomic mass is 9.79. The zero-order valence-electron chi connectivity index (χ0n) is 16.6. The topological polar surface area (TPSA) is 145 Å². The fourth-order valence-corrected chi connectivity index (χ4v) is 4.50. The summed E-state index contributed by atoms with van der Waals surface area (Å²) in [4.78, 5) is 45.7. The van der Waals surface area contributed by atoms with Gasteiger partial charge < -0.3 is 10.2 Å². The monoisotopic (exact) mass is 442 g/mol. The van der Waals surface area contributed by atoms with Crippen molar-refractivity contribution in [1.29, 1.82) is 5.26 Å². The minimum atomic E-state index is -1.30. The zero-order valence-corrected chi connectivity index (χ0v) is 17.3. The molecule has 1 aromatic heterocycles. The maximum atomic E-state index is 13.2. The summed E-state index contributed by atoms with van der Waals surface area (Å²) in [7, 11) is 0. The van der Waals surface area contributed by atoms with Gasteiger partial charge in [0.05, 0.1) is 16.6 Å². The van der Waals surface area contributed by atoms with E-state index >= 15 is 0 Å². The first-order valence-electron chi connectivity index (χ1n) is 9.87. The number of aromatic nitrogens is 2. The second kappa shape index (κ2) is 8.00. The summed E-state index contributed by atoms with van der Waals surface area (Å²) in [5.74, 6) is -2.64. The number of amides is 1. The van der Waals surface area contributed by atoms with Crippen LogP contribution in [0.5, 0.6) is 0 Å². The van der Waals surface area contributed by atoms with E-state index in [1.807, 2.05) is 17.9 Å². The first kappa shape index (κ1) is 20.8. The lowest BCUT2D eigenvalue weighted by molar-refractivity contribution is -0.384. The molecule has 160 valence electrons. The van der Waals surface area contributed by atoms with Crippen LogP contribution in [0.3, 0.4) is 0 Å². The van der Waals surface area contributed by atoms with Crippen molar-refractivity contribution in [1.82, 2.24) is 9.97 Å². The van der Waals surface area contributed by atoms with Crippen molar-refractivity contribution < 1.29 is 9.72 Å². The molecule has 0 spiro atoms. The number of hydrogen-bond donors (Lipinski definition) is 2. The number of carbonyl (C=O) groups is 1. The van der Waals surface area contributed by atoms with Crippen LogP contribution in [-0.2, 0) is 4.79 Å². The number of aromatic amines is 1. The second-order valence-electron chi connectivity index (χ2n) is 7.73. The molecule has 0 saturated carbocycles. The Morgan fingerprint density at radius 3 is 2.81 bits per heavy atom. The van der Waals surface area contributed by atoms with E-state index in [-0.39, 0.29) is 33.7 Å². The Morgan fingerprint density at radius 2 is 2.13 bits per heavy atom. The number of non-ortho nitro benzene ring substituents is 1. The van der Waals surface area contributed by atoms with Crippen LogP contribution < -0.4 is 15.8 Å². The number of piperidine rings is 1. The molecule has 2 N–H and O–H groups in total. The number of H-pyrrole nitrogens is 1. The molecular weight excluding hydrogens is 424 g/mol. The van der Waals surface area contributed by atoms with Crippen molar-refractivity contribution in [2.45, 2.75) is 38.1 Å². The van der Waals surface area contributed by atoms with Crippen LogP contribution >= 0.6 is 11.6 Å². The molecule has 31 heavy (non-hydrogen) atoms. The molecule has 1 saturated heterocycles. The van der Waals surface area contributed by atoms with E-state index in [1.165, 1.54) is 18.2 Å². The first-order chi connectivity index (χ1) is 14.8. The molecule has 0 aliphatic carbocycles. The maximum absolute atomic E-state index is 13.2. The molecule has 3 unspecified atom stereocenters. The smallest absolute Gasteiger partial charge is 0.269 e. The number of benzene rings is 1. The Morgan fingerprint density at radius 1 is 1.35 bits per heavy atom. The third-order valence-electron chi connectivity index (χ3n) is 5.85. The van der Waals surface area contributed by atoms with Gasteiger partial charge in [-0.3, -0.25) is 24.7 Å². The van der Waals surface area contributed by atoms with Gasteiger partial charge in [0, 0.05) is 35.7 Å². The van der Waals surface area contributed by atoms with Gasteiger partial charge in [0.2, 0.25) is 11.9 Å². The quantitative estimate of drug-likeness (QED) is 0.548. The fourth-order valence-electron chi connectivity index (χ4n) is 4.27. The van der Waals surface area contributed by atoms with Crippen LogP contribution in [0.4, 0.5) is 17.5 Å². The van der Waals surface area contributed by atoms with Crippen molar-refractivity contribution in [2.24, 2.45) is 5.92 Å². The second-order valence-corrected chi connectivity index (χ2v) is 8.13. The number of hydrogen-bond acceptors (Lipinski definition) is 7. The van der Waals surface area contributed by atoms with E-state index in [1.54, 1.807) is 0 Å². The predicted molar refractivity (Wildman–Crippen MR) is 113 cm³/mol. The van der Waals surface area contributed by atoms with Crippen LogP contribution in [0.15, 0.2) is 23.0 Å². The summed E-state index contributed by atoms with van der Waals surface area (Å²) >= 11 is 6.29. The number of nitro benzene ring substituents is 1. The predicted octanol–water partition coefficient (Wildman–Crippen LogP) is 2.93. The maximum Gasteiger partial charge on any atom is 0.269 e. The van der Waals surface area contributed by atoms with Gasteiger partial charge in [-0.15, -0.1) is 0 Å². The number of fused-ring (bicyclic) bond motifs is 1. The van der Waals surface area contributed by atoms with E-state index < -0.39 is 28.2 Å². The molecule has 1 fully saturated rings. The van der Waals surface area contributed by atoms with Crippen molar-refractivity contribution in [2.75, 3.05) is 16.8 Å². The van der Waals surface area contributed by atoms with Crippen LogP contribution in [0, 0.1) is 27.4 Å². The van der Waals surface area contributed by atoms with E-state index in [4.69, 9.17) is 11.6 Å². The average molecular weight is 443 g/mol. The molecule has 0 radical (unpaired) electrons. The summed E-state index contributed by atoms with van der Waals surface area (Å²) in [5.41, 5.74) is -0.566. The Labute approximate surface area is 182 Å². The highest BCUT2D eigenvalue weighted by molar-refractivity contribution is 6.31. The van der Waals surface area contributed by atoms with E-state index in [9.17, 15) is 25.0 Å². The number of carbonyl (C=O) groups excluding carboxylic acids is 1. The minimum absolute atomic E-state index is 0.0422. The molecule has 3 heterocycles. The van der Waals surface area contributed by atoms with Gasteiger partial charge in [0.1, 0.15) is 11.7 Å². The Balaban J connectivity index is 1.90. The molecule has 2 aromatic rings. The Kier molecular flexibility index (Phi) is 5.37. The molecule has 1 amide bonds. The molecule has 0 bridgehead atoms. The Bertz CT molecular complexity index is 1170. The number of halogens is 1. The summed E-state index contributed by atoms with van der Waals surface area (Å²) in [6.07, 6.45) is 3.00. The third kappa shape index (κ3) is 3.61. The molecule has 2 aliphatic rings. The summed E-state index contributed by atoms with van der Waals surface area (Å²) in [5, 5.41) is 23.6. The molecule has 11 heteroatoms. The molecule has 10 nitrogen and oxygen atoms in total. The van der Waals surface area contributed by atoms with Gasteiger partial charge in [-0.2, -0.15) is 10.2 Å². The van der Waals surface area contributed by atoms with E-state index in [0.29, 0.717) is 5.95 Å². The molecule has 4 rings (SSSR count). The normalized spacial score (nSPS) is 22.9. The lowest BCUT2D eigenvalue weighted by Crippen LogP contribution is -2.42. The molecule has 2 aliphatic heterocycles. The van der Waals surface area contributed by atoms with Gasteiger partial charge >= 0.3 is 0 Å². The van der Waals surface area contributed by atoms with Crippen LogP contribution in [0.2, 0.25) is 5.02 Å². The fraction of sp³-hybridized carbons (Fsp3) is 0.400. The third-order valence-corrected chi connectivity index (χ3v) is 6.19. The molecule has 1 aromatic carbocycles. The largest absolute Gasteiger partial charge is 0.340 e. The number of nitro groups is 1. The van der Waals surface area contributed by atoms with Crippen LogP contribution in [0.25, 0.3) is 0 Å². The van der Waals surface area contributed by atoms with Crippen molar-refractivity contribution >= 4 is 35.0 Å². The van der Waals surface area contributed by atoms with Crippen LogP contribution in [-0.4, -0.2) is 33.4 Å². The zero-order chi connectivity index (χ0) is 22.3. The minimum Gasteiger partial charge on any atom is -0.340 e. The summed E-state index contributed by atoms with van der Waals surface area (Å²) < 4.78 is 0. The average Bonchev–Trinajstić information content (AvgIpc) is 2.73. The van der Waals surface area contributed by atoms with Crippen LogP contribution in [0.1, 0.15) is 43.2 Å². The number of nitrogens with zero attached hydrogens (tertiary/aromatic N) is 4. The summed E-state index contributed by atoms with van der Waals surface area (Å²) in [6, 6.07) is 5.81. The highest BCUT2D eigenvalue weighted by Gasteiger charge is 2.42.